The highest BCUT2D eigenvalue weighted by molar-refractivity contribution is 5.83. The van der Waals surface area contributed by atoms with E-state index in [-0.39, 0.29) is 0 Å². The van der Waals surface area contributed by atoms with Crippen molar-refractivity contribution in [3.05, 3.63) is 36.0 Å². The molecule has 1 aliphatic rings. The first-order valence-electron chi connectivity index (χ1n) is 6.22. The smallest absolute Gasteiger partial charge is 0.0456 e. The first-order chi connectivity index (χ1) is 7.93. The Bertz CT molecular complexity index is 466. The van der Waals surface area contributed by atoms with Gasteiger partial charge in [0.2, 0.25) is 0 Å². The van der Waals surface area contributed by atoms with Crippen LogP contribution in [0.2, 0.25) is 0 Å². The molecule has 2 heterocycles. The van der Waals surface area contributed by atoms with Crippen molar-refractivity contribution in [2.75, 3.05) is 6.54 Å². The molecule has 0 spiro atoms. The number of nitrogens with one attached hydrogen (secondary N) is 2. The van der Waals surface area contributed by atoms with Crippen molar-refractivity contribution in [2.45, 2.75) is 31.7 Å². The number of hydrogen-bond acceptors (Lipinski definition) is 1. The molecule has 0 aliphatic carbocycles. The highest BCUT2D eigenvalue weighted by Gasteiger charge is 2.14. The van der Waals surface area contributed by atoms with Gasteiger partial charge in [-0.3, -0.25) is 0 Å². The summed E-state index contributed by atoms with van der Waals surface area (Å²) < 4.78 is 0. The molecular formula is C14H18N2. The quantitative estimate of drug-likeness (QED) is 0.790. The third-order valence-electron chi connectivity index (χ3n) is 3.55. The first kappa shape index (κ1) is 9.91. The van der Waals surface area contributed by atoms with Gasteiger partial charge >= 0.3 is 0 Å². The van der Waals surface area contributed by atoms with Crippen molar-refractivity contribution in [2.24, 2.45) is 0 Å². The minimum absolute atomic E-state index is 0.674. The minimum atomic E-state index is 0.674. The van der Waals surface area contributed by atoms with E-state index in [9.17, 15) is 0 Å². The Kier molecular flexibility index (Phi) is 2.66. The second-order valence-electron chi connectivity index (χ2n) is 4.71. The van der Waals surface area contributed by atoms with Crippen molar-refractivity contribution >= 4 is 10.9 Å². The maximum Gasteiger partial charge on any atom is 0.0456 e. The van der Waals surface area contributed by atoms with Crippen LogP contribution in [-0.4, -0.2) is 17.6 Å². The Morgan fingerprint density at radius 2 is 2.12 bits per heavy atom. The van der Waals surface area contributed by atoms with Gasteiger partial charge in [0.25, 0.3) is 0 Å². The molecule has 1 saturated heterocycles. The van der Waals surface area contributed by atoms with Gasteiger partial charge < -0.3 is 10.3 Å². The number of aromatic nitrogens is 1. The van der Waals surface area contributed by atoms with E-state index in [4.69, 9.17) is 0 Å². The predicted molar refractivity (Wildman–Crippen MR) is 67.6 cm³/mol. The number of fused-ring (bicyclic) bond motifs is 1. The van der Waals surface area contributed by atoms with Crippen LogP contribution in [0.1, 0.15) is 24.8 Å². The summed E-state index contributed by atoms with van der Waals surface area (Å²) in [6, 6.07) is 9.24. The Morgan fingerprint density at radius 3 is 3.00 bits per heavy atom. The van der Waals surface area contributed by atoms with Crippen molar-refractivity contribution in [1.82, 2.24) is 10.3 Å². The lowest BCUT2D eigenvalue weighted by Crippen LogP contribution is -2.35. The molecule has 84 valence electrons. The molecule has 0 saturated carbocycles. The van der Waals surface area contributed by atoms with Gasteiger partial charge in [0.15, 0.2) is 0 Å². The minimum Gasteiger partial charge on any atom is -0.361 e. The van der Waals surface area contributed by atoms with Crippen LogP contribution in [-0.2, 0) is 6.42 Å². The molecule has 2 heteroatoms. The number of para-hydroxylation sites is 1. The van der Waals surface area contributed by atoms with Gasteiger partial charge in [0.1, 0.15) is 0 Å². The van der Waals surface area contributed by atoms with Crippen molar-refractivity contribution < 1.29 is 0 Å². The lowest BCUT2D eigenvalue weighted by atomic mass is 9.97. The molecule has 2 N–H and O–H groups in total. The Labute approximate surface area is 96.1 Å². The molecule has 0 unspecified atom stereocenters. The van der Waals surface area contributed by atoms with Crippen LogP contribution >= 0.6 is 0 Å². The summed E-state index contributed by atoms with van der Waals surface area (Å²) >= 11 is 0. The zero-order valence-corrected chi connectivity index (χ0v) is 9.50. The number of H-pyrrole nitrogens is 1. The third-order valence-corrected chi connectivity index (χ3v) is 3.55. The number of hydrogen-bond donors (Lipinski definition) is 2. The molecule has 0 radical (unpaired) electrons. The van der Waals surface area contributed by atoms with Crippen LogP contribution in [0.25, 0.3) is 10.9 Å². The fourth-order valence-electron chi connectivity index (χ4n) is 2.66. The highest BCUT2D eigenvalue weighted by atomic mass is 14.9. The summed E-state index contributed by atoms with van der Waals surface area (Å²) in [4.78, 5) is 3.35. The van der Waals surface area contributed by atoms with Crippen LogP contribution in [0.4, 0.5) is 0 Å². The van der Waals surface area contributed by atoms with Gasteiger partial charge in [0.05, 0.1) is 0 Å². The van der Waals surface area contributed by atoms with E-state index in [1.54, 1.807) is 0 Å². The molecule has 2 aromatic rings. The van der Waals surface area contributed by atoms with Gasteiger partial charge in [-0.15, -0.1) is 0 Å². The Balaban J connectivity index is 1.83. The van der Waals surface area contributed by atoms with Gasteiger partial charge in [-0.05, 0) is 37.4 Å². The molecule has 3 rings (SSSR count). The summed E-state index contributed by atoms with van der Waals surface area (Å²) in [6.45, 7) is 1.19. The Morgan fingerprint density at radius 1 is 1.19 bits per heavy atom. The number of aromatic amines is 1. The van der Waals surface area contributed by atoms with E-state index in [0.717, 1.165) is 6.42 Å². The molecular weight excluding hydrogens is 196 g/mol. The maximum absolute atomic E-state index is 3.61. The summed E-state index contributed by atoms with van der Waals surface area (Å²) in [5, 5.41) is 4.99. The molecule has 1 aromatic carbocycles. The van der Waals surface area contributed by atoms with E-state index < -0.39 is 0 Å². The Hall–Kier alpha value is -1.28. The standard InChI is InChI=1S/C14H18N2/c1-2-7-14-13(6-1)11(10-16-14)9-12-5-3-4-8-15-12/h1-2,6-7,10,12,15-16H,3-5,8-9H2/t12-/m1/s1. The van der Waals surface area contributed by atoms with E-state index in [1.807, 2.05) is 0 Å². The molecule has 16 heavy (non-hydrogen) atoms. The SMILES string of the molecule is c1ccc2c(C[C@H]3CCCCN3)c[nH]c2c1. The largest absolute Gasteiger partial charge is 0.361 e. The topological polar surface area (TPSA) is 27.8 Å². The van der Waals surface area contributed by atoms with Gasteiger partial charge in [0, 0.05) is 23.1 Å². The predicted octanol–water partition coefficient (Wildman–Crippen LogP) is 2.85. The summed E-state index contributed by atoms with van der Waals surface area (Å²) in [5.41, 5.74) is 2.71. The molecule has 0 amide bonds. The molecule has 1 fully saturated rings. The van der Waals surface area contributed by atoms with Crippen LogP contribution in [0, 0.1) is 0 Å². The summed E-state index contributed by atoms with van der Waals surface area (Å²) in [5.74, 6) is 0. The summed E-state index contributed by atoms with van der Waals surface area (Å²) in [6.07, 6.45) is 7.36. The zero-order chi connectivity index (χ0) is 10.8. The normalized spacial score (nSPS) is 21.4. The second kappa shape index (κ2) is 4.30. The second-order valence-corrected chi connectivity index (χ2v) is 4.71. The van der Waals surface area contributed by atoms with Gasteiger partial charge in [-0.25, -0.2) is 0 Å². The molecule has 1 atom stereocenters. The highest BCUT2D eigenvalue weighted by Crippen LogP contribution is 2.21. The van der Waals surface area contributed by atoms with Crippen LogP contribution in [0.5, 0.6) is 0 Å². The maximum atomic E-state index is 3.61. The first-order valence-corrected chi connectivity index (χ1v) is 6.22. The lowest BCUT2D eigenvalue weighted by Gasteiger charge is -2.23. The third kappa shape index (κ3) is 1.85. The zero-order valence-electron chi connectivity index (χ0n) is 9.50. The van der Waals surface area contributed by atoms with Crippen molar-refractivity contribution in [3.8, 4) is 0 Å². The van der Waals surface area contributed by atoms with Crippen molar-refractivity contribution in [1.29, 1.82) is 0 Å². The molecule has 1 aromatic heterocycles. The van der Waals surface area contributed by atoms with Gasteiger partial charge in [-0.2, -0.15) is 0 Å². The van der Waals surface area contributed by atoms with E-state index in [0.29, 0.717) is 6.04 Å². The van der Waals surface area contributed by atoms with E-state index in [1.165, 1.54) is 42.3 Å². The van der Waals surface area contributed by atoms with Crippen molar-refractivity contribution in [3.63, 3.8) is 0 Å². The van der Waals surface area contributed by atoms with Gasteiger partial charge in [-0.1, -0.05) is 24.6 Å². The van der Waals surface area contributed by atoms with Crippen LogP contribution in [0.3, 0.4) is 0 Å². The fourth-order valence-corrected chi connectivity index (χ4v) is 2.66. The molecule has 1 aliphatic heterocycles. The molecule has 0 bridgehead atoms. The van der Waals surface area contributed by atoms with E-state index >= 15 is 0 Å². The lowest BCUT2D eigenvalue weighted by molar-refractivity contribution is 0.400. The summed E-state index contributed by atoms with van der Waals surface area (Å²) in [7, 11) is 0. The fraction of sp³-hybridized carbons (Fsp3) is 0.429. The monoisotopic (exact) mass is 214 g/mol. The number of piperidine rings is 1. The van der Waals surface area contributed by atoms with E-state index in [2.05, 4.69) is 40.8 Å². The average Bonchev–Trinajstić information content (AvgIpc) is 2.74. The molecule has 2 nitrogen and oxygen atoms in total. The number of rotatable bonds is 2. The van der Waals surface area contributed by atoms with Crippen LogP contribution < -0.4 is 5.32 Å². The average molecular weight is 214 g/mol. The number of benzene rings is 1. The van der Waals surface area contributed by atoms with Crippen LogP contribution in [0.15, 0.2) is 30.5 Å².